The first-order valence-corrected chi connectivity index (χ1v) is 9.54. The number of fused-ring (bicyclic) bond motifs is 1. The van der Waals surface area contributed by atoms with E-state index in [0.717, 1.165) is 60.1 Å². The van der Waals surface area contributed by atoms with Crippen LogP contribution in [0.15, 0.2) is 11.8 Å². The number of unbranched alkanes of at least 4 members (excludes halogenated alkanes) is 2. The lowest BCUT2D eigenvalue weighted by atomic mass is 9.84. The molecule has 5 heteroatoms. The van der Waals surface area contributed by atoms with Crippen molar-refractivity contribution in [2.75, 3.05) is 0 Å². The predicted octanol–water partition coefficient (Wildman–Crippen LogP) is 5.53. The molecule has 1 aliphatic heterocycles. The van der Waals surface area contributed by atoms with Gasteiger partial charge in [-0.2, -0.15) is 0 Å². The highest BCUT2D eigenvalue weighted by atomic mass is 16.6. The Balaban J connectivity index is 2.18. The molecule has 0 saturated carbocycles. The van der Waals surface area contributed by atoms with Gasteiger partial charge in [0.2, 0.25) is 5.70 Å². The summed E-state index contributed by atoms with van der Waals surface area (Å²) in [6, 6.07) is 0. The van der Waals surface area contributed by atoms with Crippen LogP contribution in [0.4, 0.5) is 0 Å². The van der Waals surface area contributed by atoms with Crippen molar-refractivity contribution in [3.63, 3.8) is 0 Å². The van der Waals surface area contributed by atoms with Crippen molar-refractivity contribution in [3.8, 4) is 11.5 Å². The van der Waals surface area contributed by atoms with Crippen LogP contribution in [0.5, 0.6) is 11.5 Å². The van der Waals surface area contributed by atoms with E-state index in [1.54, 1.807) is 6.08 Å². The minimum Gasteiger partial charge on any atom is -0.507 e. The average Bonchev–Trinajstić information content (AvgIpc) is 2.60. The summed E-state index contributed by atoms with van der Waals surface area (Å²) < 4.78 is 6.36. The van der Waals surface area contributed by atoms with Gasteiger partial charge in [0.05, 0.1) is 4.92 Å². The Morgan fingerprint density at radius 1 is 1.31 bits per heavy atom. The van der Waals surface area contributed by atoms with E-state index in [1.807, 2.05) is 27.7 Å². The van der Waals surface area contributed by atoms with Gasteiger partial charge in [-0.3, -0.25) is 10.1 Å². The van der Waals surface area contributed by atoms with Crippen LogP contribution in [0.2, 0.25) is 0 Å². The molecule has 1 heterocycles. The molecule has 0 spiro atoms. The lowest BCUT2D eigenvalue weighted by Gasteiger charge is -2.38. The monoisotopic (exact) mass is 361 g/mol. The first-order chi connectivity index (χ1) is 12.2. The highest BCUT2D eigenvalue weighted by molar-refractivity contribution is 5.58. The molecule has 0 radical (unpaired) electrons. The quantitative estimate of drug-likeness (QED) is 0.393. The maximum absolute atomic E-state index is 11.3. The zero-order valence-electron chi connectivity index (χ0n) is 16.6. The van der Waals surface area contributed by atoms with Crippen molar-refractivity contribution >= 4 is 0 Å². The molecular weight excluding hydrogens is 330 g/mol. The van der Waals surface area contributed by atoms with E-state index in [0.29, 0.717) is 24.3 Å². The molecule has 0 amide bonds. The molecule has 1 aliphatic rings. The summed E-state index contributed by atoms with van der Waals surface area (Å²) >= 11 is 0. The van der Waals surface area contributed by atoms with E-state index in [9.17, 15) is 15.2 Å². The number of aromatic hydroxyl groups is 1. The topological polar surface area (TPSA) is 72.6 Å². The minimum absolute atomic E-state index is 0.257. The molecule has 0 bridgehead atoms. The van der Waals surface area contributed by atoms with Crippen molar-refractivity contribution in [2.24, 2.45) is 0 Å². The van der Waals surface area contributed by atoms with Crippen LogP contribution in [0.1, 0.15) is 74.6 Å². The van der Waals surface area contributed by atoms with Crippen LogP contribution < -0.4 is 4.74 Å². The molecule has 1 N–H and O–H groups in total. The van der Waals surface area contributed by atoms with Crippen molar-refractivity contribution in [2.45, 2.75) is 85.2 Å². The van der Waals surface area contributed by atoms with Gasteiger partial charge in [-0.1, -0.05) is 13.3 Å². The number of hydrogen-bond acceptors (Lipinski definition) is 4. The Morgan fingerprint density at radius 2 is 2.00 bits per heavy atom. The zero-order chi connectivity index (χ0) is 19.5. The highest BCUT2D eigenvalue weighted by Crippen LogP contribution is 2.44. The summed E-state index contributed by atoms with van der Waals surface area (Å²) in [5, 5.41) is 21.6. The number of phenolic OH excluding ortho intramolecular Hbond substituents is 1. The lowest BCUT2D eigenvalue weighted by molar-refractivity contribution is -0.428. The number of phenols is 1. The van der Waals surface area contributed by atoms with Gasteiger partial charge in [0.25, 0.3) is 0 Å². The number of allylic oxidation sites excluding steroid dienone is 2. The number of nitrogens with zero attached hydrogens (tertiary/aromatic N) is 1. The Bertz CT molecular complexity index is 723. The Kier molecular flexibility index (Phi) is 6.32. The van der Waals surface area contributed by atoms with E-state index < -0.39 is 5.60 Å². The molecule has 0 saturated heterocycles. The van der Waals surface area contributed by atoms with Gasteiger partial charge in [0.1, 0.15) is 17.1 Å². The van der Waals surface area contributed by atoms with E-state index in [4.69, 9.17) is 4.74 Å². The van der Waals surface area contributed by atoms with Gasteiger partial charge in [0, 0.05) is 12.0 Å². The van der Waals surface area contributed by atoms with E-state index in [-0.39, 0.29) is 4.92 Å². The summed E-state index contributed by atoms with van der Waals surface area (Å²) in [5.74, 6) is 1.20. The summed E-state index contributed by atoms with van der Waals surface area (Å²) in [6.07, 6.45) is 7.17. The third kappa shape index (κ3) is 4.19. The first-order valence-electron chi connectivity index (χ1n) is 9.54. The normalized spacial score (nSPS) is 19.8. The average molecular weight is 361 g/mol. The first kappa shape index (κ1) is 20.3. The number of hydrogen-bond donors (Lipinski definition) is 1. The molecule has 144 valence electrons. The van der Waals surface area contributed by atoms with Gasteiger partial charge in [0.15, 0.2) is 0 Å². The van der Waals surface area contributed by atoms with Crippen molar-refractivity contribution in [1.82, 2.24) is 0 Å². The predicted molar refractivity (Wildman–Crippen MR) is 104 cm³/mol. The minimum atomic E-state index is -0.423. The molecule has 1 aromatic carbocycles. The molecule has 0 aliphatic carbocycles. The third-order valence-corrected chi connectivity index (χ3v) is 5.67. The summed E-state index contributed by atoms with van der Waals surface area (Å²) in [5.41, 5.74) is 3.63. The second kappa shape index (κ2) is 8.11. The molecular formula is C21H31NO4. The van der Waals surface area contributed by atoms with E-state index in [2.05, 4.69) is 6.92 Å². The molecule has 0 aromatic heterocycles. The van der Waals surface area contributed by atoms with Crippen molar-refractivity contribution < 1.29 is 14.8 Å². The fourth-order valence-corrected chi connectivity index (χ4v) is 3.60. The molecule has 1 unspecified atom stereocenters. The van der Waals surface area contributed by atoms with Gasteiger partial charge in [-0.15, -0.1) is 0 Å². The molecule has 26 heavy (non-hydrogen) atoms. The fraction of sp³-hybridized carbons (Fsp3) is 0.619. The number of ether oxygens (including phenoxy) is 1. The van der Waals surface area contributed by atoms with Crippen LogP contribution in [-0.4, -0.2) is 15.6 Å². The van der Waals surface area contributed by atoms with Crippen molar-refractivity contribution in [3.05, 3.63) is 44.1 Å². The van der Waals surface area contributed by atoms with Crippen LogP contribution >= 0.6 is 0 Å². The van der Waals surface area contributed by atoms with E-state index >= 15 is 0 Å². The third-order valence-electron chi connectivity index (χ3n) is 5.67. The Hall–Kier alpha value is -2.04. The smallest absolute Gasteiger partial charge is 0.242 e. The van der Waals surface area contributed by atoms with Gasteiger partial charge in [-0.05, 0) is 82.6 Å². The van der Waals surface area contributed by atoms with Gasteiger partial charge < -0.3 is 9.84 Å². The second-order valence-electron chi connectivity index (χ2n) is 7.68. The Morgan fingerprint density at radius 3 is 2.62 bits per heavy atom. The molecule has 5 nitrogen and oxygen atoms in total. The summed E-state index contributed by atoms with van der Waals surface area (Å²) in [4.78, 5) is 11.1. The van der Waals surface area contributed by atoms with Gasteiger partial charge in [-0.25, -0.2) is 0 Å². The van der Waals surface area contributed by atoms with Crippen molar-refractivity contribution in [1.29, 1.82) is 0 Å². The molecule has 0 fully saturated rings. The SMILES string of the molecule is CCCC/C=C(/CCC1(C)CCc2c(C)c(O)c(C)c(C)c2O1)[N+](=O)[O-]. The van der Waals surface area contributed by atoms with Crippen LogP contribution in [0.3, 0.4) is 0 Å². The van der Waals surface area contributed by atoms with Crippen LogP contribution in [0.25, 0.3) is 0 Å². The standard InChI is InChI=1S/C21H31NO4/c1-6-7-8-9-17(22(24)25)10-12-21(5)13-11-18-16(4)19(23)14(2)15(3)20(18)26-21/h9,23H,6-8,10-13H2,1-5H3/b17-9-. The number of rotatable bonds is 7. The maximum atomic E-state index is 11.3. The molecule has 2 rings (SSSR count). The lowest BCUT2D eigenvalue weighted by Crippen LogP contribution is -2.37. The fourth-order valence-electron chi connectivity index (χ4n) is 3.60. The number of nitro groups is 1. The molecule has 1 atom stereocenters. The summed E-state index contributed by atoms with van der Waals surface area (Å²) in [7, 11) is 0. The summed E-state index contributed by atoms with van der Waals surface area (Å²) in [6.45, 7) is 9.91. The largest absolute Gasteiger partial charge is 0.507 e. The Labute approximate surface area is 156 Å². The van der Waals surface area contributed by atoms with Crippen LogP contribution in [0, 0.1) is 30.9 Å². The molecule has 1 aromatic rings. The number of benzene rings is 1. The van der Waals surface area contributed by atoms with Crippen LogP contribution in [-0.2, 0) is 6.42 Å². The van der Waals surface area contributed by atoms with E-state index in [1.165, 1.54) is 0 Å². The highest BCUT2D eigenvalue weighted by Gasteiger charge is 2.35. The maximum Gasteiger partial charge on any atom is 0.242 e. The second-order valence-corrected chi connectivity index (χ2v) is 7.68. The van der Waals surface area contributed by atoms with Gasteiger partial charge >= 0.3 is 0 Å². The zero-order valence-corrected chi connectivity index (χ0v) is 16.6.